The highest BCUT2D eigenvalue weighted by Crippen LogP contribution is 2.38. The maximum absolute atomic E-state index is 12.7. The summed E-state index contributed by atoms with van der Waals surface area (Å²) in [7, 11) is 0. The van der Waals surface area contributed by atoms with E-state index in [-0.39, 0.29) is 6.03 Å². The Labute approximate surface area is 178 Å². The molecule has 160 valence electrons. The molecule has 0 saturated carbocycles. The molecule has 1 N–H and O–H groups in total. The summed E-state index contributed by atoms with van der Waals surface area (Å²) >= 11 is 3.42. The van der Waals surface area contributed by atoms with E-state index in [1.807, 2.05) is 4.90 Å². The van der Waals surface area contributed by atoms with Crippen molar-refractivity contribution in [3.8, 4) is 11.5 Å². The van der Waals surface area contributed by atoms with Gasteiger partial charge in [0, 0.05) is 49.0 Å². The number of carbonyl (C=O) groups excluding carboxylic acids is 1. The average molecular weight is 487 g/mol. The fourth-order valence-corrected chi connectivity index (χ4v) is 3.65. The molecule has 2 aliphatic heterocycles. The highest BCUT2D eigenvalue weighted by Gasteiger charge is 2.31. The molecule has 1 aromatic carbocycles. The van der Waals surface area contributed by atoms with Crippen LogP contribution >= 0.6 is 15.9 Å². The van der Waals surface area contributed by atoms with Gasteiger partial charge in [0.05, 0.1) is 11.3 Å². The first kappa shape index (κ1) is 20.6. The molecular formula is C19H18BrF3N4O3. The van der Waals surface area contributed by atoms with E-state index in [4.69, 9.17) is 9.47 Å². The lowest BCUT2D eigenvalue weighted by molar-refractivity contribution is -0.137. The number of rotatable bonds is 2. The molecule has 0 atom stereocenters. The van der Waals surface area contributed by atoms with Crippen LogP contribution in [0.4, 0.5) is 29.5 Å². The number of piperazine rings is 1. The number of urea groups is 1. The number of alkyl halides is 3. The van der Waals surface area contributed by atoms with Gasteiger partial charge in [0.1, 0.15) is 19.0 Å². The molecule has 4 rings (SSSR count). The minimum atomic E-state index is -4.41. The molecule has 11 heteroatoms. The van der Waals surface area contributed by atoms with Crippen LogP contribution in [0.3, 0.4) is 0 Å². The standard InChI is InChI=1S/C19H18BrF3N4O3/c20-13-9-15-16(30-8-7-29-15)10-14(13)25-18(28)27-5-3-26(4-6-27)17-2-1-12(11-24-17)19(21,22)23/h1-2,9-11H,3-8H2,(H,25,28). The first-order valence-electron chi connectivity index (χ1n) is 9.24. The van der Waals surface area contributed by atoms with Crippen molar-refractivity contribution in [2.24, 2.45) is 0 Å². The summed E-state index contributed by atoms with van der Waals surface area (Å²) < 4.78 is 49.8. The number of ether oxygens (including phenoxy) is 2. The van der Waals surface area contributed by atoms with Crippen molar-refractivity contribution < 1.29 is 27.4 Å². The van der Waals surface area contributed by atoms with Gasteiger partial charge in [-0.25, -0.2) is 9.78 Å². The van der Waals surface area contributed by atoms with Crippen LogP contribution in [0.1, 0.15) is 5.56 Å². The molecule has 0 unspecified atom stereocenters. The first-order chi connectivity index (χ1) is 14.3. The number of nitrogens with one attached hydrogen (secondary N) is 1. The van der Waals surface area contributed by atoms with Crippen LogP contribution in [-0.2, 0) is 6.18 Å². The number of pyridine rings is 1. The highest BCUT2D eigenvalue weighted by atomic mass is 79.9. The molecule has 1 aromatic heterocycles. The first-order valence-corrected chi connectivity index (χ1v) is 10.0. The lowest BCUT2D eigenvalue weighted by Gasteiger charge is -2.35. The molecule has 2 aromatic rings. The number of nitrogens with zero attached hydrogens (tertiary/aromatic N) is 3. The van der Waals surface area contributed by atoms with Gasteiger partial charge < -0.3 is 24.6 Å². The van der Waals surface area contributed by atoms with E-state index in [0.29, 0.717) is 66.9 Å². The number of amides is 2. The predicted molar refractivity (Wildman–Crippen MR) is 107 cm³/mol. The van der Waals surface area contributed by atoms with Gasteiger partial charge in [-0.2, -0.15) is 13.2 Å². The Bertz CT molecular complexity index is 932. The van der Waals surface area contributed by atoms with Crippen molar-refractivity contribution in [1.82, 2.24) is 9.88 Å². The van der Waals surface area contributed by atoms with Crippen molar-refractivity contribution in [1.29, 1.82) is 0 Å². The third-order valence-electron chi connectivity index (χ3n) is 4.84. The van der Waals surface area contributed by atoms with Crippen molar-refractivity contribution >= 4 is 33.5 Å². The highest BCUT2D eigenvalue weighted by molar-refractivity contribution is 9.10. The number of benzene rings is 1. The summed E-state index contributed by atoms with van der Waals surface area (Å²) in [5.74, 6) is 1.64. The van der Waals surface area contributed by atoms with E-state index in [1.165, 1.54) is 6.07 Å². The van der Waals surface area contributed by atoms with Crippen molar-refractivity contribution in [2.45, 2.75) is 6.18 Å². The average Bonchev–Trinajstić information content (AvgIpc) is 2.74. The third kappa shape index (κ3) is 4.40. The van der Waals surface area contributed by atoms with Crippen molar-refractivity contribution in [3.63, 3.8) is 0 Å². The van der Waals surface area contributed by atoms with Crippen LogP contribution in [0.5, 0.6) is 11.5 Å². The topological polar surface area (TPSA) is 66.9 Å². The zero-order valence-corrected chi connectivity index (χ0v) is 17.3. The van der Waals surface area contributed by atoms with Crippen molar-refractivity contribution in [2.75, 3.05) is 49.6 Å². The summed E-state index contributed by atoms with van der Waals surface area (Å²) in [6.45, 7) is 2.68. The second kappa shape index (κ2) is 8.21. The van der Waals surface area contributed by atoms with Gasteiger partial charge in [-0.15, -0.1) is 0 Å². The van der Waals surface area contributed by atoms with Crippen LogP contribution in [0, 0.1) is 0 Å². The molecule has 0 bridgehead atoms. The van der Waals surface area contributed by atoms with Crippen LogP contribution in [0.25, 0.3) is 0 Å². The summed E-state index contributed by atoms with van der Waals surface area (Å²) in [6.07, 6.45) is -3.59. The normalized spacial score (nSPS) is 16.4. The molecule has 0 radical (unpaired) electrons. The van der Waals surface area contributed by atoms with Crippen LogP contribution < -0.4 is 19.7 Å². The number of hydrogen-bond acceptors (Lipinski definition) is 5. The fourth-order valence-electron chi connectivity index (χ4n) is 3.23. The van der Waals surface area contributed by atoms with Crippen LogP contribution in [0.2, 0.25) is 0 Å². The predicted octanol–water partition coefficient (Wildman–Crippen LogP) is 3.99. The van der Waals surface area contributed by atoms with E-state index in [9.17, 15) is 18.0 Å². The van der Waals surface area contributed by atoms with E-state index in [0.717, 1.165) is 12.3 Å². The zero-order chi connectivity index (χ0) is 21.3. The maximum Gasteiger partial charge on any atom is 0.417 e. The maximum atomic E-state index is 12.7. The summed E-state index contributed by atoms with van der Waals surface area (Å²) in [5.41, 5.74) is -0.217. The third-order valence-corrected chi connectivity index (χ3v) is 5.50. The summed E-state index contributed by atoms with van der Waals surface area (Å²) in [6, 6.07) is 5.55. The Morgan fingerprint density at radius 2 is 1.73 bits per heavy atom. The number of anilines is 2. The number of hydrogen-bond donors (Lipinski definition) is 1. The minimum Gasteiger partial charge on any atom is -0.486 e. The van der Waals surface area contributed by atoms with Gasteiger partial charge in [-0.05, 0) is 28.1 Å². The van der Waals surface area contributed by atoms with Gasteiger partial charge in [0.15, 0.2) is 11.5 Å². The SMILES string of the molecule is O=C(Nc1cc2c(cc1Br)OCCO2)N1CCN(c2ccc(C(F)(F)F)cn2)CC1. The Morgan fingerprint density at radius 3 is 2.33 bits per heavy atom. The fraction of sp³-hybridized carbons (Fsp3) is 0.368. The van der Waals surface area contributed by atoms with Crippen molar-refractivity contribution in [3.05, 3.63) is 40.5 Å². The molecule has 3 heterocycles. The van der Waals surface area contributed by atoms with E-state index < -0.39 is 11.7 Å². The van der Waals surface area contributed by atoms with Crippen LogP contribution in [-0.4, -0.2) is 55.3 Å². The van der Waals surface area contributed by atoms with Gasteiger partial charge >= 0.3 is 12.2 Å². The van der Waals surface area contributed by atoms with Crippen LogP contribution in [0.15, 0.2) is 34.9 Å². The molecule has 0 spiro atoms. The lowest BCUT2D eigenvalue weighted by atomic mass is 10.2. The van der Waals surface area contributed by atoms with E-state index in [1.54, 1.807) is 17.0 Å². The summed E-state index contributed by atoms with van der Waals surface area (Å²) in [5, 5.41) is 2.85. The summed E-state index contributed by atoms with van der Waals surface area (Å²) in [4.78, 5) is 20.1. The Kier molecular flexibility index (Phi) is 5.63. The van der Waals surface area contributed by atoms with E-state index in [2.05, 4.69) is 26.2 Å². The number of fused-ring (bicyclic) bond motifs is 1. The quantitative estimate of drug-likeness (QED) is 0.695. The molecule has 30 heavy (non-hydrogen) atoms. The molecule has 2 amide bonds. The minimum absolute atomic E-state index is 0.271. The Morgan fingerprint density at radius 1 is 1.07 bits per heavy atom. The number of halogens is 4. The number of aromatic nitrogens is 1. The second-order valence-corrected chi connectivity index (χ2v) is 7.64. The molecular weight excluding hydrogens is 469 g/mol. The Balaban J connectivity index is 1.36. The molecule has 2 aliphatic rings. The molecule has 1 fully saturated rings. The van der Waals surface area contributed by atoms with Gasteiger partial charge in [0.2, 0.25) is 0 Å². The monoisotopic (exact) mass is 486 g/mol. The molecule has 1 saturated heterocycles. The Hall–Kier alpha value is -2.69. The van der Waals surface area contributed by atoms with Gasteiger partial charge in [-0.3, -0.25) is 0 Å². The lowest BCUT2D eigenvalue weighted by Crippen LogP contribution is -2.50. The van der Waals surface area contributed by atoms with E-state index >= 15 is 0 Å². The van der Waals surface area contributed by atoms with Gasteiger partial charge in [0.25, 0.3) is 0 Å². The van der Waals surface area contributed by atoms with Gasteiger partial charge in [-0.1, -0.05) is 0 Å². The molecule has 0 aliphatic carbocycles. The smallest absolute Gasteiger partial charge is 0.417 e. The zero-order valence-electron chi connectivity index (χ0n) is 15.7. The largest absolute Gasteiger partial charge is 0.486 e. The number of carbonyl (C=O) groups is 1. The molecule has 7 nitrogen and oxygen atoms in total. The second-order valence-electron chi connectivity index (χ2n) is 6.78.